The highest BCUT2D eigenvalue weighted by atomic mass is 35.5. The minimum atomic E-state index is -1.73. The van der Waals surface area contributed by atoms with E-state index in [9.17, 15) is 28.5 Å². The van der Waals surface area contributed by atoms with Gasteiger partial charge in [-0.1, -0.05) is 19.0 Å². The van der Waals surface area contributed by atoms with Crippen LogP contribution in [0.2, 0.25) is 0 Å². The summed E-state index contributed by atoms with van der Waals surface area (Å²) < 4.78 is 27.8. The van der Waals surface area contributed by atoms with Crippen molar-refractivity contribution in [1.29, 1.82) is 0 Å². The summed E-state index contributed by atoms with van der Waals surface area (Å²) in [5.41, 5.74) is -1.16. The number of fused-ring (bicyclic) bond motifs is 1. The van der Waals surface area contributed by atoms with E-state index in [0.29, 0.717) is 0 Å². The second-order valence-electron chi connectivity index (χ2n) is 10.6. The third-order valence-electron chi connectivity index (χ3n) is 5.90. The molecular formula is C23H30B2ClN5O10S2. The van der Waals surface area contributed by atoms with E-state index >= 15 is 0 Å². The maximum absolute atomic E-state index is 13.5. The zero-order valence-electron chi connectivity index (χ0n) is 24.4. The molecule has 3 amide bonds. The molecule has 0 bridgehead atoms. The van der Waals surface area contributed by atoms with Crippen molar-refractivity contribution in [3.8, 4) is 0 Å². The molecule has 0 radical (unpaired) electrons. The van der Waals surface area contributed by atoms with Crippen LogP contribution in [0.1, 0.15) is 40.3 Å². The first-order valence-corrected chi connectivity index (χ1v) is 15.6. The van der Waals surface area contributed by atoms with Crippen molar-refractivity contribution in [2.45, 2.75) is 57.7 Å². The number of hydrogen-bond donors (Lipinski definition) is 2. The number of carbonyl (C=O) groups is 5. The molecule has 0 spiro atoms. The maximum Gasteiger partial charge on any atom is 0.413 e. The monoisotopic (exact) mass is 657 g/mol. The highest BCUT2D eigenvalue weighted by Crippen LogP contribution is 2.37. The van der Waals surface area contributed by atoms with Crippen LogP contribution in [0.25, 0.3) is 0 Å². The summed E-state index contributed by atoms with van der Waals surface area (Å²) in [4.78, 5) is 74.1. The van der Waals surface area contributed by atoms with Crippen molar-refractivity contribution < 1.29 is 47.4 Å². The van der Waals surface area contributed by atoms with Gasteiger partial charge in [0, 0.05) is 16.9 Å². The molecule has 4 atom stereocenters. The van der Waals surface area contributed by atoms with Gasteiger partial charge in [-0.15, -0.1) is 22.9 Å². The second-order valence-corrected chi connectivity index (χ2v) is 13.2. The topological polar surface area (TPSA) is 198 Å². The summed E-state index contributed by atoms with van der Waals surface area (Å²) in [6, 6.07) is -1.31. The first kappa shape index (κ1) is 34.2. The fourth-order valence-corrected chi connectivity index (χ4v) is 6.65. The Morgan fingerprint density at radius 3 is 2.51 bits per heavy atom. The molecule has 1 aromatic rings. The van der Waals surface area contributed by atoms with E-state index in [-0.39, 0.29) is 33.7 Å². The number of thiazole rings is 1. The number of hydrogen-bond acceptors (Lipinski definition) is 13. The molecule has 0 aromatic carbocycles. The van der Waals surface area contributed by atoms with E-state index in [0.717, 1.165) is 24.3 Å². The summed E-state index contributed by atoms with van der Waals surface area (Å²) >= 11 is 5.14. The Morgan fingerprint density at radius 2 is 1.95 bits per heavy atom. The van der Waals surface area contributed by atoms with Crippen molar-refractivity contribution in [1.82, 2.24) is 15.2 Å². The lowest BCUT2D eigenvalue weighted by Gasteiger charge is -2.49. The highest BCUT2D eigenvalue weighted by molar-refractivity contribution is 7.92. The quantitative estimate of drug-likeness (QED) is 0.0808. The average molecular weight is 658 g/mol. The number of anilines is 1. The number of alkyl halides is 1. The molecule has 2 aliphatic rings. The Balaban J connectivity index is 1.91. The number of rotatable bonds is 10. The Bertz CT molecular complexity index is 1350. The summed E-state index contributed by atoms with van der Waals surface area (Å²) in [7, 11) is 2.30. The molecule has 0 saturated carbocycles. The fraction of sp³-hybridized carbons (Fsp3) is 0.522. The van der Waals surface area contributed by atoms with Crippen molar-refractivity contribution in [2.24, 2.45) is 11.1 Å². The van der Waals surface area contributed by atoms with Gasteiger partial charge in [0.2, 0.25) is 11.5 Å². The number of aromatic nitrogens is 1. The summed E-state index contributed by atoms with van der Waals surface area (Å²) in [5, 5.41) is 9.16. The number of nitrogens with one attached hydrogen (secondary N) is 2. The van der Waals surface area contributed by atoms with Crippen molar-refractivity contribution in [2.75, 3.05) is 16.9 Å². The molecule has 1 unspecified atom stereocenters. The Hall–Kier alpha value is -3.28. The third-order valence-corrected chi connectivity index (χ3v) is 8.63. The van der Waals surface area contributed by atoms with E-state index in [2.05, 4.69) is 20.8 Å². The number of oxime groups is 1. The zero-order valence-corrected chi connectivity index (χ0v) is 26.8. The standard InChI is InChI=1S/C23H30B2ClN5O10S2/c1-9(2)15(20(35)40-25)41-30-12(11-7-42-21(27-11)29-22(36)38-23(3,4)5)16(32)28-13-17(33)31-14(19(34)39-24)10(6-26)8-43(37)18(13)31/h7,9,13,15,18H,6,8,24-25H2,1-5H3,(H,28,32)(H,27,29,36)/b30-12-/t13-,15+,18-,43?/m1/s1. The molecule has 2 aliphatic heterocycles. The zero-order chi connectivity index (χ0) is 32.2. The highest BCUT2D eigenvalue weighted by Gasteiger charge is 2.61. The van der Waals surface area contributed by atoms with E-state index in [1.165, 1.54) is 13.4 Å². The lowest BCUT2D eigenvalue weighted by Crippen LogP contribution is -2.75. The lowest BCUT2D eigenvalue weighted by molar-refractivity contribution is -0.150. The van der Waals surface area contributed by atoms with Crippen molar-refractivity contribution in [3.63, 3.8) is 0 Å². The molecule has 1 aromatic heterocycles. The number of ether oxygens (including phenoxy) is 1. The average Bonchev–Trinajstić information content (AvgIpc) is 3.38. The molecule has 1 fully saturated rings. The third kappa shape index (κ3) is 7.82. The largest absolute Gasteiger partial charge is 0.614 e. The summed E-state index contributed by atoms with van der Waals surface area (Å²) in [6.45, 7) is 8.39. The Kier molecular flexibility index (Phi) is 11.1. The van der Waals surface area contributed by atoms with E-state index < -0.39 is 75.8 Å². The molecule has 15 nitrogen and oxygen atoms in total. The van der Waals surface area contributed by atoms with Crippen LogP contribution in [0, 0.1) is 5.92 Å². The van der Waals surface area contributed by atoms with Gasteiger partial charge < -0.3 is 28.8 Å². The molecule has 0 aliphatic carbocycles. The van der Waals surface area contributed by atoms with Gasteiger partial charge in [0.1, 0.15) is 22.7 Å². The number of β-lactam (4-membered cyclic amide) rings is 1. The minimum Gasteiger partial charge on any atom is -0.614 e. The number of carbonyl (C=O) groups excluding carboxylic acids is 5. The minimum absolute atomic E-state index is 0.0545. The molecule has 20 heteroatoms. The van der Waals surface area contributed by atoms with Gasteiger partial charge in [0.15, 0.2) is 16.9 Å². The summed E-state index contributed by atoms with van der Waals surface area (Å²) in [6.07, 6.45) is -1.98. The maximum atomic E-state index is 13.5. The second kappa shape index (κ2) is 14.0. The van der Waals surface area contributed by atoms with Crippen LogP contribution in [0.5, 0.6) is 0 Å². The first-order chi connectivity index (χ1) is 20.1. The molecule has 3 heterocycles. The van der Waals surface area contributed by atoms with Crippen molar-refractivity contribution >= 4 is 90.9 Å². The van der Waals surface area contributed by atoms with Gasteiger partial charge in [0.05, 0.1) is 5.88 Å². The number of halogens is 1. The molecule has 232 valence electrons. The smallest absolute Gasteiger partial charge is 0.413 e. The SMILES string of the molecule is BOC(=O)C1=C(CCl)C[S+]([O-])[C@@H]2[C@H](NC(=O)/C(=N\O[C@H](C(=O)OB)C(C)C)c3csc(NC(=O)OC(C)(C)C)n3)C(=O)N12. The van der Waals surface area contributed by atoms with Gasteiger partial charge in [-0.25, -0.2) is 19.4 Å². The predicted octanol–water partition coefficient (Wildman–Crippen LogP) is -0.674. The van der Waals surface area contributed by atoms with Gasteiger partial charge in [-0.2, -0.15) is 0 Å². The van der Waals surface area contributed by atoms with Crippen molar-refractivity contribution in [3.05, 3.63) is 22.3 Å². The van der Waals surface area contributed by atoms with Crippen LogP contribution in [0.4, 0.5) is 9.93 Å². The molecule has 3 rings (SSSR count). The number of amides is 3. The normalized spacial score (nSPS) is 20.9. The predicted molar refractivity (Wildman–Crippen MR) is 161 cm³/mol. The molecular weight excluding hydrogens is 627 g/mol. The van der Waals surface area contributed by atoms with Crippen LogP contribution in [0.3, 0.4) is 0 Å². The lowest BCUT2D eigenvalue weighted by atomic mass is 10.0. The van der Waals surface area contributed by atoms with Gasteiger partial charge in [-0.05, 0) is 31.9 Å². The van der Waals surface area contributed by atoms with Crippen LogP contribution >= 0.6 is 22.9 Å². The van der Waals surface area contributed by atoms with E-state index in [1.54, 1.807) is 34.6 Å². The molecule has 43 heavy (non-hydrogen) atoms. The van der Waals surface area contributed by atoms with E-state index in [4.69, 9.17) is 30.5 Å². The van der Waals surface area contributed by atoms with Crippen LogP contribution in [-0.2, 0) is 49.2 Å². The van der Waals surface area contributed by atoms with Gasteiger partial charge >= 0.3 is 34.1 Å². The van der Waals surface area contributed by atoms with Gasteiger partial charge in [0.25, 0.3) is 11.8 Å². The molecule has 2 N–H and O–H groups in total. The Morgan fingerprint density at radius 1 is 1.28 bits per heavy atom. The van der Waals surface area contributed by atoms with Crippen LogP contribution in [-0.4, -0.2) is 101 Å². The van der Waals surface area contributed by atoms with Crippen LogP contribution < -0.4 is 10.6 Å². The first-order valence-electron chi connectivity index (χ1n) is 12.8. The van der Waals surface area contributed by atoms with E-state index in [1.807, 2.05) is 0 Å². The molecule has 1 saturated heterocycles. The summed E-state index contributed by atoms with van der Waals surface area (Å²) in [5.74, 6) is -3.95. The van der Waals surface area contributed by atoms with Gasteiger partial charge in [-0.3, -0.25) is 19.8 Å². The number of nitrogens with zero attached hydrogens (tertiary/aromatic N) is 3. The Labute approximate surface area is 261 Å². The fourth-order valence-electron chi connectivity index (χ4n) is 3.95. The van der Waals surface area contributed by atoms with Crippen LogP contribution in [0.15, 0.2) is 21.8 Å².